The van der Waals surface area contributed by atoms with Crippen molar-refractivity contribution in [3.8, 4) is 11.4 Å². The molecule has 0 aliphatic carbocycles. The van der Waals surface area contributed by atoms with E-state index in [1.165, 1.54) is 31.2 Å². The maximum Gasteiger partial charge on any atom is 0.162 e. The maximum absolute atomic E-state index is 4.98. The second kappa shape index (κ2) is 6.60. The molecule has 4 rings (SSSR count). The van der Waals surface area contributed by atoms with E-state index in [1.807, 2.05) is 0 Å². The monoisotopic (exact) mass is 317 g/mol. The molecule has 0 atom stereocenters. The molecule has 0 unspecified atom stereocenters. The van der Waals surface area contributed by atoms with E-state index in [-0.39, 0.29) is 0 Å². The summed E-state index contributed by atoms with van der Waals surface area (Å²) in [7, 11) is 0. The van der Waals surface area contributed by atoms with Gasteiger partial charge in [-0.15, -0.1) is 0 Å². The third-order valence-electron chi connectivity index (χ3n) is 4.80. The second-order valence-corrected chi connectivity index (χ2v) is 6.66. The fourth-order valence-electron chi connectivity index (χ4n) is 3.42. The number of para-hydroxylation sites is 1. The molecule has 0 saturated carbocycles. The number of hydrogen-bond donors (Lipinski definition) is 0. The van der Waals surface area contributed by atoms with Gasteiger partial charge in [0.05, 0.1) is 5.52 Å². The first kappa shape index (κ1) is 15.1. The third kappa shape index (κ3) is 2.99. The Kier molecular flexibility index (Phi) is 4.16. The van der Waals surface area contributed by atoms with Gasteiger partial charge in [-0.05, 0) is 31.9 Å². The van der Waals surface area contributed by atoms with Crippen molar-refractivity contribution >= 4 is 16.7 Å². The standard InChI is InChI=1S/C21H23N3/c1-16-10-12-17(13-11-16)20-22-19-9-5-4-8-18(19)21(23-20)24-14-6-2-3-7-15-24/h4-5,8-13H,2-3,6-7,14-15H2,1H3. The summed E-state index contributed by atoms with van der Waals surface area (Å²) in [5, 5.41) is 1.16. The van der Waals surface area contributed by atoms with E-state index in [1.54, 1.807) is 0 Å². The Bertz CT molecular complexity index is 831. The summed E-state index contributed by atoms with van der Waals surface area (Å²) in [6.07, 6.45) is 5.14. The van der Waals surface area contributed by atoms with Crippen LogP contribution in [0.1, 0.15) is 31.2 Å². The quantitative estimate of drug-likeness (QED) is 0.667. The molecule has 0 spiro atoms. The SMILES string of the molecule is Cc1ccc(-c2nc(N3CCCCCC3)c3ccccc3n2)cc1. The number of aromatic nitrogens is 2. The number of hydrogen-bond acceptors (Lipinski definition) is 3. The number of aryl methyl sites for hydroxylation is 1. The molecule has 1 aliphatic heterocycles. The van der Waals surface area contributed by atoms with Crippen LogP contribution in [0.25, 0.3) is 22.3 Å². The van der Waals surface area contributed by atoms with E-state index in [9.17, 15) is 0 Å². The minimum absolute atomic E-state index is 0.827. The van der Waals surface area contributed by atoms with Crippen molar-refractivity contribution in [1.29, 1.82) is 0 Å². The van der Waals surface area contributed by atoms with Gasteiger partial charge in [-0.1, -0.05) is 54.8 Å². The molecule has 3 nitrogen and oxygen atoms in total. The highest BCUT2D eigenvalue weighted by molar-refractivity contribution is 5.91. The molecule has 3 aromatic rings. The average molecular weight is 317 g/mol. The van der Waals surface area contributed by atoms with E-state index in [0.717, 1.165) is 41.2 Å². The summed E-state index contributed by atoms with van der Waals surface area (Å²) in [4.78, 5) is 12.3. The molecule has 24 heavy (non-hydrogen) atoms. The van der Waals surface area contributed by atoms with E-state index in [0.29, 0.717) is 0 Å². The zero-order valence-corrected chi connectivity index (χ0v) is 14.2. The van der Waals surface area contributed by atoms with E-state index in [2.05, 4.69) is 60.4 Å². The fraction of sp³-hybridized carbons (Fsp3) is 0.333. The number of nitrogens with zero attached hydrogens (tertiary/aromatic N) is 3. The highest BCUT2D eigenvalue weighted by Gasteiger charge is 2.16. The molecule has 0 amide bonds. The molecule has 3 heteroatoms. The molecule has 1 fully saturated rings. The van der Waals surface area contributed by atoms with Crippen LogP contribution in [-0.2, 0) is 0 Å². The predicted octanol–water partition coefficient (Wildman–Crippen LogP) is 4.99. The van der Waals surface area contributed by atoms with Gasteiger partial charge in [0.15, 0.2) is 5.82 Å². The lowest BCUT2D eigenvalue weighted by atomic mass is 10.1. The summed E-state index contributed by atoms with van der Waals surface area (Å²) in [6, 6.07) is 16.9. The first-order valence-corrected chi connectivity index (χ1v) is 8.90. The van der Waals surface area contributed by atoms with Crippen LogP contribution in [-0.4, -0.2) is 23.1 Å². The van der Waals surface area contributed by atoms with Crippen molar-refractivity contribution in [1.82, 2.24) is 9.97 Å². The Hall–Kier alpha value is -2.42. The van der Waals surface area contributed by atoms with Gasteiger partial charge in [-0.2, -0.15) is 0 Å². The van der Waals surface area contributed by atoms with Crippen molar-refractivity contribution in [2.75, 3.05) is 18.0 Å². The maximum atomic E-state index is 4.98. The Morgan fingerprint density at radius 1 is 0.792 bits per heavy atom. The first-order chi connectivity index (χ1) is 11.8. The number of benzene rings is 2. The molecule has 2 heterocycles. The normalized spacial score (nSPS) is 15.5. The topological polar surface area (TPSA) is 29.0 Å². The molecular weight excluding hydrogens is 294 g/mol. The van der Waals surface area contributed by atoms with Gasteiger partial charge < -0.3 is 4.90 Å². The Morgan fingerprint density at radius 3 is 2.25 bits per heavy atom. The molecule has 0 radical (unpaired) electrons. The van der Waals surface area contributed by atoms with Crippen LogP contribution in [0.15, 0.2) is 48.5 Å². The van der Waals surface area contributed by atoms with E-state index >= 15 is 0 Å². The highest BCUT2D eigenvalue weighted by Crippen LogP contribution is 2.29. The van der Waals surface area contributed by atoms with E-state index in [4.69, 9.17) is 9.97 Å². The summed E-state index contributed by atoms with van der Waals surface area (Å²) in [5.41, 5.74) is 3.37. The molecule has 1 aliphatic rings. The van der Waals surface area contributed by atoms with Crippen molar-refractivity contribution in [3.63, 3.8) is 0 Å². The molecule has 0 bridgehead atoms. The molecule has 2 aromatic carbocycles. The molecular formula is C21H23N3. The number of anilines is 1. The van der Waals surface area contributed by atoms with Crippen LogP contribution in [0.4, 0.5) is 5.82 Å². The predicted molar refractivity (Wildman–Crippen MR) is 100 cm³/mol. The van der Waals surface area contributed by atoms with Crippen LogP contribution in [0.5, 0.6) is 0 Å². The summed E-state index contributed by atoms with van der Waals surface area (Å²) < 4.78 is 0. The Labute approximate surface area is 143 Å². The van der Waals surface area contributed by atoms with Gasteiger partial charge in [-0.25, -0.2) is 9.97 Å². The Balaban J connectivity index is 1.85. The molecule has 1 aromatic heterocycles. The van der Waals surface area contributed by atoms with Crippen LogP contribution in [0.3, 0.4) is 0 Å². The zero-order chi connectivity index (χ0) is 16.4. The summed E-state index contributed by atoms with van der Waals surface area (Å²) in [6.45, 7) is 4.29. The number of fused-ring (bicyclic) bond motifs is 1. The van der Waals surface area contributed by atoms with Gasteiger partial charge in [0.25, 0.3) is 0 Å². The van der Waals surface area contributed by atoms with Crippen molar-refractivity contribution in [2.45, 2.75) is 32.6 Å². The Morgan fingerprint density at radius 2 is 1.50 bits per heavy atom. The average Bonchev–Trinajstić information content (AvgIpc) is 2.91. The summed E-state index contributed by atoms with van der Waals surface area (Å²) >= 11 is 0. The van der Waals surface area contributed by atoms with Gasteiger partial charge in [0.2, 0.25) is 0 Å². The van der Waals surface area contributed by atoms with E-state index < -0.39 is 0 Å². The fourth-order valence-corrected chi connectivity index (χ4v) is 3.42. The molecule has 0 N–H and O–H groups in total. The lowest BCUT2D eigenvalue weighted by molar-refractivity contribution is 0.726. The van der Waals surface area contributed by atoms with Crippen LogP contribution in [0, 0.1) is 6.92 Å². The van der Waals surface area contributed by atoms with Crippen LogP contribution >= 0.6 is 0 Å². The molecule has 1 saturated heterocycles. The number of rotatable bonds is 2. The van der Waals surface area contributed by atoms with Gasteiger partial charge >= 0.3 is 0 Å². The van der Waals surface area contributed by atoms with Crippen LogP contribution < -0.4 is 4.90 Å². The molecule has 122 valence electrons. The van der Waals surface area contributed by atoms with Gasteiger partial charge in [0, 0.05) is 24.0 Å². The smallest absolute Gasteiger partial charge is 0.162 e. The highest BCUT2D eigenvalue weighted by atomic mass is 15.2. The van der Waals surface area contributed by atoms with Crippen molar-refractivity contribution in [2.24, 2.45) is 0 Å². The lowest BCUT2D eigenvalue weighted by Gasteiger charge is -2.23. The second-order valence-electron chi connectivity index (χ2n) is 6.66. The minimum Gasteiger partial charge on any atom is -0.356 e. The zero-order valence-electron chi connectivity index (χ0n) is 14.2. The van der Waals surface area contributed by atoms with Crippen molar-refractivity contribution in [3.05, 3.63) is 54.1 Å². The lowest BCUT2D eigenvalue weighted by Crippen LogP contribution is -2.25. The van der Waals surface area contributed by atoms with Gasteiger partial charge in [0.1, 0.15) is 5.82 Å². The first-order valence-electron chi connectivity index (χ1n) is 8.90. The minimum atomic E-state index is 0.827. The van der Waals surface area contributed by atoms with Crippen LogP contribution in [0.2, 0.25) is 0 Å². The van der Waals surface area contributed by atoms with Crippen molar-refractivity contribution < 1.29 is 0 Å². The van der Waals surface area contributed by atoms with Gasteiger partial charge in [-0.3, -0.25) is 0 Å². The summed E-state index contributed by atoms with van der Waals surface area (Å²) in [5.74, 6) is 1.92. The largest absolute Gasteiger partial charge is 0.356 e. The third-order valence-corrected chi connectivity index (χ3v) is 4.80.